The summed E-state index contributed by atoms with van der Waals surface area (Å²) in [5.41, 5.74) is 5.70. The molecular weight excluding hydrogens is 234 g/mol. The molecule has 6 heteroatoms. The van der Waals surface area contributed by atoms with Gasteiger partial charge in [-0.05, 0) is 18.9 Å². The van der Waals surface area contributed by atoms with Crippen molar-refractivity contribution < 1.29 is 9.90 Å². The minimum atomic E-state index is -0.402. The van der Waals surface area contributed by atoms with Crippen LogP contribution in [-0.4, -0.2) is 28.2 Å². The van der Waals surface area contributed by atoms with Crippen molar-refractivity contribution in [2.24, 2.45) is 0 Å². The van der Waals surface area contributed by atoms with Gasteiger partial charge in [-0.3, -0.25) is 9.59 Å². The molecule has 0 spiro atoms. The molecule has 1 rings (SSSR count). The molecule has 100 valence electrons. The van der Waals surface area contributed by atoms with Crippen molar-refractivity contribution in [2.75, 3.05) is 12.3 Å². The van der Waals surface area contributed by atoms with Crippen molar-refractivity contribution in [3.8, 4) is 0 Å². The topological polar surface area (TPSA) is 97.3 Å². The Labute approximate surface area is 105 Å². The first kappa shape index (κ1) is 14.2. The van der Waals surface area contributed by atoms with Gasteiger partial charge < -0.3 is 20.7 Å². The van der Waals surface area contributed by atoms with Crippen LogP contribution in [0.4, 0.5) is 5.69 Å². The van der Waals surface area contributed by atoms with Crippen molar-refractivity contribution in [2.45, 2.75) is 32.4 Å². The number of anilines is 1. The predicted molar refractivity (Wildman–Crippen MR) is 69.0 cm³/mol. The van der Waals surface area contributed by atoms with E-state index < -0.39 is 6.10 Å². The third-order valence-electron chi connectivity index (χ3n) is 2.59. The summed E-state index contributed by atoms with van der Waals surface area (Å²) in [7, 11) is 0. The van der Waals surface area contributed by atoms with E-state index in [2.05, 4.69) is 5.32 Å². The zero-order valence-electron chi connectivity index (χ0n) is 10.4. The molecular formula is C12H19N3O3. The molecule has 1 unspecified atom stereocenters. The van der Waals surface area contributed by atoms with Crippen molar-refractivity contribution in [1.82, 2.24) is 9.88 Å². The Morgan fingerprint density at radius 1 is 1.56 bits per heavy atom. The molecule has 0 bridgehead atoms. The lowest BCUT2D eigenvalue weighted by Gasteiger charge is -2.10. The number of rotatable bonds is 6. The molecule has 0 saturated heterocycles. The van der Waals surface area contributed by atoms with Crippen LogP contribution in [0.15, 0.2) is 23.1 Å². The number of nitrogen functional groups attached to an aromatic ring is 1. The monoisotopic (exact) mass is 253 g/mol. The number of hydrogen-bond donors (Lipinski definition) is 3. The third kappa shape index (κ3) is 4.58. The van der Waals surface area contributed by atoms with Gasteiger partial charge in [-0.2, -0.15) is 0 Å². The number of aliphatic hydroxyl groups excluding tert-OH is 1. The van der Waals surface area contributed by atoms with E-state index in [4.69, 9.17) is 5.73 Å². The number of nitrogens with zero attached hydrogens (tertiary/aromatic N) is 1. The quantitative estimate of drug-likeness (QED) is 0.649. The molecule has 0 fully saturated rings. The molecule has 6 nitrogen and oxygen atoms in total. The molecule has 1 atom stereocenters. The van der Waals surface area contributed by atoms with E-state index >= 15 is 0 Å². The summed E-state index contributed by atoms with van der Waals surface area (Å²) in [4.78, 5) is 23.0. The summed E-state index contributed by atoms with van der Waals surface area (Å²) in [5, 5.41) is 12.0. The van der Waals surface area contributed by atoms with Crippen LogP contribution < -0.4 is 16.6 Å². The SMILES string of the molecule is CCC(O)CCNC(=O)Cn1cc(N)ccc1=O. The highest BCUT2D eigenvalue weighted by atomic mass is 16.3. The van der Waals surface area contributed by atoms with Gasteiger partial charge in [0.15, 0.2) is 0 Å². The second-order valence-corrected chi connectivity index (χ2v) is 4.13. The van der Waals surface area contributed by atoms with Gasteiger partial charge >= 0.3 is 0 Å². The number of nitrogens with one attached hydrogen (secondary N) is 1. The van der Waals surface area contributed by atoms with Crippen LogP contribution in [-0.2, 0) is 11.3 Å². The lowest BCUT2D eigenvalue weighted by molar-refractivity contribution is -0.121. The summed E-state index contributed by atoms with van der Waals surface area (Å²) in [6, 6.07) is 2.82. The Morgan fingerprint density at radius 3 is 2.94 bits per heavy atom. The van der Waals surface area contributed by atoms with E-state index in [1.54, 1.807) is 0 Å². The fraction of sp³-hybridized carbons (Fsp3) is 0.500. The largest absolute Gasteiger partial charge is 0.398 e. The van der Waals surface area contributed by atoms with E-state index in [1.165, 1.54) is 22.9 Å². The molecule has 0 aromatic carbocycles. The van der Waals surface area contributed by atoms with Gasteiger partial charge in [0.25, 0.3) is 5.56 Å². The normalized spacial score (nSPS) is 12.1. The number of aliphatic hydroxyl groups is 1. The average Bonchev–Trinajstić information content (AvgIpc) is 2.33. The first-order valence-electron chi connectivity index (χ1n) is 5.93. The summed E-state index contributed by atoms with van der Waals surface area (Å²) in [5.74, 6) is -0.272. The molecule has 1 aromatic rings. The van der Waals surface area contributed by atoms with Crippen molar-refractivity contribution >= 4 is 11.6 Å². The Hall–Kier alpha value is -1.82. The average molecular weight is 253 g/mol. The minimum Gasteiger partial charge on any atom is -0.398 e. The maximum absolute atomic E-state index is 11.6. The Balaban J connectivity index is 2.45. The minimum absolute atomic E-state index is 0.0634. The van der Waals surface area contributed by atoms with Gasteiger partial charge in [-0.1, -0.05) is 6.92 Å². The van der Waals surface area contributed by atoms with Gasteiger partial charge in [0, 0.05) is 24.5 Å². The van der Waals surface area contributed by atoms with Gasteiger partial charge in [0.05, 0.1) is 6.10 Å². The predicted octanol–water partition coefficient (Wildman–Crippen LogP) is -0.292. The zero-order chi connectivity index (χ0) is 13.5. The first-order chi connectivity index (χ1) is 8.52. The van der Waals surface area contributed by atoms with Crippen LogP contribution in [0.25, 0.3) is 0 Å². The molecule has 1 amide bonds. The second kappa shape index (κ2) is 6.80. The highest BCUT2D eigenvalue weighted by Gasteiger charge is 2.06. The molecule has 1 heterocycles. The van der Waals surface area contributed by atoms with Crippen molar-refractivity contribution in [1.29, 1.82) is 0 Å². The van der Waals surface area contributed by atoms with Crippen LogP contribution >= 0.6 is 0 Å². The number of nitrogens with two attached hydrogens (primary N) is 1. The summed E-state index contributed by atoms with van der Waals surface area (Å²) in [6.45, 7) is 2.20. The van der Waals surface area contributed by atoms with E-state index in [1.807, 2.05) is 6.92 Å². The lowest BCUT2D eigenvalue weighted by Crippen LogP contribution is -2.33. The summed E-state index contributed by atoms with van der Waals surface area (Å²) >= 11 is 0. The van der Waals surface area contributed by atoms with E-state index in [-0.39, 0.29) is 18.0 Å². The number of hydrogen-bond acceptors (Lipinski definition) is 4. The summed E-state index contributed by atoms with van der Waals surface area (Å²) < 4.78 is 1.25. The Kier molecular flexibility index (Phi) is 5.38. The Bertz CT molecular complexity index is 456. The number of amides is 1. The molecule has 4 N–H and O–H groups in total. The number of pyridine rings is 1. The van der Waals surface area contributed by atoms with Crippen LogP contribution in [0.1, 0.15) is 19.8 Å². The van der Waals surface area contributed by atoms with Crippen molar-refractivity contribution in [3.63, 3.8) is 0 Å². The zero-order valence-corrected chi connectivity index (χ0v) is 10.4. The highest BCUT2D eigenvalue weighted by molar-refractivity contribution is 5.75. The standard InChI is InChI=1S/C12H19N3O3/c1-2-10(16)5-6-14-11(17)8-15-7-9(13)3-4-12(15)18/h3-4,7,10,16H,2,5-6,8,13H2,1H3,(H,14,17). The maximum Gasteiger partial charge on any atom is 0.251 e. The van der Waals surface area contributed by atoms with Gasteiger partial charge in [-0.15, -0.1) is 0 Å². The number of carbonyl (C=O) groups is 1. The van der Waals surface area contributed by atoms with Crippen molar-refractivity contribution in [3.05, 3.63) is 28.7 Å². The molecule has 0 aliphatic heterocycles. The number of aromatic nitrogens is 1. The van der Waals surface area contributed by atoms with E-state index in [0.717, 1.165) is 0 Å². The van der Waals surface area contributed by atoms with Gasteiger partial charge in [0.1, 0.15) is 6.54 Å². The van der Waals surface area contributed by atoms with Crippen LogP contribution in [0.3, 0.4) is 0 Å². The van der Waals surface area contributed by atoms with Gasteiger partial charge in [-0.25, -0.2) is 0 Å². The lowest BCUT2D eigenvalue weighted by atomic mass is 10.2. The van der Waals surface area contributed by atoms with Gasteiger partial charge in [0.2, 0.25) is 5.91 Å². The van der Waals surface area contributed by atoms with E-state index in [0.29, 0.717) is 25.1 Å². The highest BCUT2D eigenvalue weighted by Crippen LogP contribution is 1.96. The molecule has 0 saturated carbocycles. The molecule has 1 aromatic heterocycles. The first-order valence-corrected chi connectivity index (χ1v) is 5.93. The van der Waals surface area contributed by atoms with Crippen LogP contribution in [0.2, 0.25) is 0 Å². The Morgan fingerprint density at radius 2 is 2.28 bits per heavy atom. The fourth-order valence-corrected chi connectivity index (χ4v) is 1.47. The third-order valence-corrected chi connectivity index (χ3v) is 2.59. The molecule has 18 heavy (non-hydrogen) atoms. The molecule has 0 radical (unpaired) electrons. The maximum atomic E-state index is 11.6. The molecule has 0 aliphatic carbocycles. The summed E-state index contributed by atoms with van der Waals surface area (Å²) in [6.07, 6.45) is 2.20. The van der Waals surface area contributed by atoms with Crippen LogP contribution in [0.5, 0.6) is 0 Å². The van der Waals surface area contributed by atoms with E-state index in [9.17, 15) is 14.7 Å². The fourth-order valence-electron chi connectivity index (χ4n) is 1.47. The second-order valence-electron chi connectivity index (χ2n) is 4.13. The molecule has 0 aliphatic rings. The number of carbonyl (C=O) groups excluding carboxylic acids is 1. The smallest absolute Gasteiger partial charge is 0.251 e. The van der Waals surface area contributed by atoms with Crippen LogP contribution in [0, 0.1) is 0 Å².